The summed E-state index contributed by atoms with van der Waals surface area (Å²) in [6.07, 6.45) is 1.13. The summed E-state index contributed by atoms with van der Waals surface area (Å²) < 4.78 is 11.3. The lowest BCUT2D eigenvalue weighted by Crippen LogP contribution is -2.41. The summed E-state index contributed by atoms with van der Waals surface area (Å²) in [7, 11) is 3.87. The Bertz CT molecular complexity index is 617. The van der Waals surface area contributed by atoms with Crippen LogP contribution >= 0.6 is 24.0 Å². The zero-order chi connectivity index (χ0) is 15.4. The molecule has 0 aliphatic carbocycles. The molecule has 1 atom stereocenters. The van der Waals surface area contributed by atoms with Crippen LogP contribution in [0.15, 0.2) is 39.7 Å². The number of para-hydroxylation sites is 1. The fourth-order valence-electron chi connectivity index (χ4n) is 2.88. The van der Waals surface area contributed by atoms with Gasteiger partial charge in [-0.15, -0.1) is 24.0 Å². The second-order valence-corrected chi connectivity index (χ2v) is 5.76. The predicted octanol–water partition coefficient (Wildman–Crippen LogP) is 3.09. The lowest BCUT2D eigenvalue weighted by Gasteiger charge is -2.24. The number of guanidine groups is 1. The molecule has 5 nitrogen and oxygen atoms in total. The molecule has 2 aromatic rings. The topological polar surface area (TPSA) is 50.0 Å². The van der Waals surface area contributed by atoms with E-state index in [1.54, 1.807) is 0 Å². The number of nitrogens with one attached hydrogen (secondary N) is 1. The number of hydrogen-bond acceptors (Lipinski definition) is 3. The molecule has 1 N–H and O–H groups in total. The maximum absolute atomic E-state index is 5.82. The van der Waals surface area contributed by atoms with Crippen LogP contribution in [0.1, 0.15) is 12.2 Å². The van der Waals surface area contributed by atoms with Gasteiger partial charge in [-0.3, -0.25) is 4.99 Å². The number of fused-ring (bicyclic) bond motifs is 1. The van der Waals surface area contributed by atoms with E-state index < -0.39 is 0 Å². The van der Waals surface area contributed by atoms with Crippen LogP contribution in [0.4, 0.5) is 0 Å². The quantitative estimate of drug-likeness (QED) is 0.461. The van der Waals surface area contributed by atoms with Gasteiger partial charge in [0.25, 0.3) is 0 Å². The van der Waals surface area contributed by atoms with E-state index in [9.17, 15) is 0 Å². The lowest BCUT2D eigenvalue weighted by atomic mass is 10.1. The average molecular weight is 429 g/mol. The van der Waals surface area contributed by atoms with Crippen LogP contribution in [0, 0.1) is 5.92 Å². The van der Waals surface area contributed by atoms with Crippen molar-refractivity contribution in [1.29, 1.82) is 0 Å². The van der Waals surface area contributed by atoms with Crippen LogP contribution in [-0.4, -0.2) is 44.7 Å². The molecule has 3 rings (SSSR count). The first-order valence-electron chi connectivity index (χ1n) is 7.73. The van der Waals surface area contributed by atoms with Crippen LogP contribution in [0.25, 0.3) is 11.0 Å². The average Bonchev–Trinajstić information content (AvgIpc) is 3.16. The largest absolute Gasteiger partial charge is 0.459 e. The minimum absolute atomic E-state index is 0. The van der Waals surface area contributed by atoms with Crippen LogP contribution in [-0.2, 0) is 11.3 Å². The standard InChI is InChI=1S/C17H23N3O2.HI/c1-18-17(20(2)11-13-7-8-21-12-13)19-10-15-9-14-5-3-4-6-16(14)22-15;/h3-6,9,13H,7-8,10-12H2,1-2H3,(H,18,19);1H. The number of hydrogen-bond donors (Lipinski definition) is 1. The highest BCUT2D eigenvalue weighted by Crippen LogP contribution is 2.18. The molecule has 1 aliphatic rings. The van der Waals surface area contributed by atoms with E-state index in [0.29, 0.717) is 12.5 Å². The van der Waals surface area contributed by atoms with Crippen molar-refractivity contribution < 1.29 is 9.15 Å². The molecule has 23 heavy (non-hydrogen) atoms. The van der Waals surface area contributed by atoms with E-state index in [1.165, 1.54) is 0 Å². The Morgan fingerprint density at radius 2 is 2.22 bits per heavy atom. The normalized spacial score (nSPS) is 18.0. The molecular weight excluding hydrogens is 405 g/mol. The van der Waals surface area contributed by atoms with Gasteiger partial charge in [-0.25, -0.2) is 0 Å². The summed E-state index contributed by atoms with van der Waals surface area (Å²) >= 11 is 0. The molecule has 1 aromatic carbocycles. The van der Waals surface area contributed by atoms with Crippen molar-refractivity contribution in [2.24, 2.45) is 10.9 Å². The van der Waals surface area contributed by atoms with E-state index in [-0.39, 0.29) is 24.0 Å². The fraction of sp³-hybridized carbons (Fsp3) is 0.471. The second kappa shape index (κ2) is 8.54. The Labute approximate surface area is 154 Å². The second-order valence-electron chi connectivity index (χ2n) is 5.76. The van der Waals surface area contributed by atoms with Crippen molar-refractivity contribution >= 4 is 40.9 Å². The van der Waals surface area contributed by atoms with Crippen molar-refractivity contribution in [1.82, 2.24) is 10.2 Å². The Morgan fingerprint density at radius 3 is 2.91 bits per heavy atom. The van der Waals surface area contributed by atoms with E-state index in [1.807, 2.05) is 25.2 Å². The molecular formula is C17H24IN3O2. The van der Waals surface area contributed by atoms with Gasteiger partial charge in [-0.2, -0.15) is 0 Å². The van der Waals surface area contributed by atoms with Gasteiger partial charge in [-0.05, 0) is 18.6 Å². The first-order valence-corrected chi connectivity index (χ1v) is 7.73. The molecule has 0 amide bonds. The first-order chi connectivity index (χ1) is 10.8. The summed E-state index contributed by atoms with van der Waals surface area (Å²) in [5, 5.41) is 4.49. The van der Waals surface area contributed by atoms with Crippen molar-refractivity contribution in [3.8, 4) is 0 Å². The zero-order valence-corrected chi connectivity index (χ0v) is 15.9. The van der Waals surface area contributed by atoms with Gasteiger partial charge in [0.05, 0.1) is 13.2 Å². The third-order valence-electron chi connectivity index (χ3n) is 4.03. The van der Waals surface area contributed by atoms with Gasteiger partial charge in [0, 0.05) is 38.6 Å². The molecule has 2 heterocycles. The van der Waals surface area contributed by atoms with E-state index in [4.69, 9.17) is 9.15 Å². The van der Waals surface area contributed by atoms with Crippen molar-refractivity contribution in [3.63, 3.8) is 0 Å². The van der Waals surface area contributed by atoms with Gasteiger partial charge in [0.2, 0.25) is 0 Å². The third kappa shape index (κ3) is 4.60. The van der Waals surface area contributed by atoms with Gasteiger partial charge in [-0.1, -0.05) is 18.2 Å². The Morgan fingerprint density at radius 1 is 1.39 bits per heavy atom. The van der Waals surface area contributed by atoms with Crippen LogP contribution in [0.5, 0.6) is 0 Å². The molecule has 1 unspecified atom stereocenters. The third-order valence-corrected chi connectivity index (χ3v) is 4.03. The summed E-state index contributed by atoms with van der Waals surface area (Å²) in [4.78, 5) is 6.50. The fourth-order valence-corrected chi connectivity index (χ4v) is 2.88. The smallest absolute Gasteiger partial charge is 0.193 e. The van der Waals surface area contributed by atoms with Gasteiger partial charge in [0.1, 0.15) is 11.3 Å². The maximum Gasteiger partial charge on any atom is 0.193 e. The number of rotatable bonds is 4. The molecule has 1 saturated heterocycles. The molecule has 1 aromatic heterocycles. The van der Waals surface area contributed by atoms with E-state index in [2.05, 4.69) is 34.4 Å². The zero-order valence-electron chi connectivity index (χ0n) is 13.6. The summed E-state index contributed by atoms with van der Waals surface area (Å²) in [5.41, 5.74) is 0.922. The highest BCUT2D eigenvalue weighted by atomic mass is 127. The lowest BCUT2D eigenvalue weighted by molar-refractivity contribution is 0.181. The highest BCUT2D eigenvalue weighted by molar-refractivity contribution is 14.0. The maximum atomic E-state index is 5.82. The van der Waals surface area contributed by atoms with Gasteiger partial charge >= 0.3 is 0 Å². The minimum atomic E-state index is 0. The van der Waals surface area contributed by atoms with Gasteiger partial charge in [0.15, 0.2) is 5.96 Å². The first kappa shape index (κ1) is 18.1. The minimum Gasteiger partial charge on any atom is -0.459 e. The molecule has 6 heteroatoms. The molecule has 0 bridgehead atoms. The number of halogens is 1. The summed E-state index contributed by atoms with van der Waals surface area (Å²) in [6, 6.07) is 10.1. The molecule has 0 spiro atoms. The van der Waals surface area contributed by atoms with E-state index >= 15 is 0 Å². The molecule has 0 radical (unpaired) electrons. The SMILES string of the molecule is CN=C(NCc1cc2ccccc2o1)N(C)CC1CCOC1.I. The van der Waals surface area contributed by atoms with Crippen LogP contribution < -0.4 is 5.32 Å². The number of aliphatic imine (C=N–C) groups is 1. The number of nitrogens with zero attached hydrogens (tertiary/aromatic N) is 2. The monoisotopic (exact) mass is 429 g/mol. The van der Waals surface area contributed by atoms with Crippen LogP contribution in [0.3, 0.4) is 0 Å². The van der Waals surface area contributed by atoms with Crippen molar-refractivity contribution in [2.75, 3.05) is 33.9 Å². The predicted molar refractivity (Wildman–Crippen MR) is 103 cm³/mol. The number of furan rings is 1. The molecule has 1 fully saturated rings. The summed E-state index contributed by atoms with van der Waals surface area (Å²) in [5.74, 6) is 2.39. The molecule has 1 aliphatic heterocycles. The van der Waals surface area contributed by atoms with E-state index in [0.717, 1.165) is 48.9 Å². The number of benzene rings is 1. The van der Waals surface area contributed by atoms with Crippen molar-refractivity contribution in [3.05, 3.63) is 36.1 Å². The Balaban J connectivity index is 0.00000192. The van der Waals surface area contributed by atoms with Crippen LogP contribution in [0.2, 0.25) is 0 Å². The Hall–Kier alpha value is -1.28. The molecule has 0 saturated carbocycles. The highest BCUT2D eigenvalue weighted by Gasteiger charge is 2.19. The summed E-state index contributed by atoms with van der Waals surface area (Å²) in [6.45, 7) is 3.32. The molecule has 126 valence electrons. The number of ether oxygens (including phenoxy) is 1. The Kier molecular flexibility index (Phi) is 6.71. The van der Waals surface area contributed by atoms with Gasteiger partial charge < -0.3 is 19.4 Å². The van der Waals surface area contributed by atoms with Crippen molar-refractivity contribution in [2.45, 2.75) is 13.0 Å².